The molecule has 4 fully saturated rings. The average molecular weight is 443 g/mol. The van der Waals surface area contributed by atoms with Crippen molar-refractivity contribution in [3.05, 3.63) is 59.7 Å². The molecule has 0 unspecified atom stereocenters. The highest BCUT2D eigenvalue weighted by Gasteiger charge is 2.43. The number of amides is 2. The van der Waals surface area contributed by atoms with Crippen LogP contribution >= 0.6 is 0 Å². The van der Waals surface area contributed by atoms with Gasteiger partial charge in [-0.15, -0.1) is 0 Å². The largest absolute Gasteiger partial charge is 0.326 e. The van der Waals surface area contributed by atoms with Gasteiger partial charge >= 0.3 is 0 Å². The van der Waals surface area contributed by atoms with Gasteiger partial charge in [-0.2, -0.15) is 0 Å². The minimum absolute atomic E-state index is 0.206. The molecule has 0 heterocycles. The highest BCUT2D eigenvalue weighted by Crippen LogP contribution is 2.49. The van der Waals surface area contributed by atoms with E-state index in [0.29, 0.717) is 11.8 Å². The summed E-state index contributed by atoms with van der Waals surface area (Å²) in [5.41, 5.74) is 4.22. The third-order valence-corrected chi connectivity index (χ3v) is 9.00. The smallest absolute Gasteiger partial charge is 0.227 e. The summed E-state index contributed by atoms with van der Waals surface area (Å²) in [7, 11) is 0. The van der Waals surface area contributed by atoms with E-state index in [-0.39, 0.29) is 23.7 Å². The summed E-state index contributed by atoms with van der Waals surface area (Å²) in [5, 5.41) is 6.28. The summed E-state index contributed by atoms with van der Waals surface area (Å²) in [6, 6.07) is 16.5. The minimum atomic E-state index is 0.206. The summed E-state index contributed by atoms with van der Waals surface area (Å²) < 4.78 is 0. The van der Waals surface area contributed by atoms with Gasteiger partial charge in [0.05, 0.1) is 0 Å². The number of fused-ring (bicyclic) bond motifs is 4. The molecule has 4 saturated carbocycles. The van der Waals surface area contributed by atoms with Crippen LogP contribution in [0.2, 0.25) is 0 Å². The fraction of sp³-hybridized carbons (Fsp3) is 0.517. The van der Waals surface area contributed by atoms with Crippen LogP contribution in [0.1, 0.15) is 62.5 Å². The molecule has 0 radical (unpaired) electrons. The summed E-state index contributed by atoms with van der Waals surface area (Å²) in [5.74, 6) is 3.62. The first kappa shape index (κ1) is 20.9. The number of anilines is 2. The molecule has 4 heteroatoms. The molecule has 0 spiro atoms. The number of carbonyl (C=O) groups excluding carboxylic acids is 2. The molecular formula is C29H34N2O2. The van der Waals surface area contributed by atoms with Gasteiger partial charge in [0.2, 0.25) is 11.8 Å². The zero-order valence-electron chi connectivity index (χ0n) is 19.3. The first-order valence-corrected chi connectivity index (χ1v) is 12.9. The second-order valence-electron chi connectivity index (χ2n) is 11.1. The lowest BCUT2D eigenvalue weighted by molar-refractivity contribution is -0.122. The molecular weight excluding hydrogens is 408 g/mol. The topological polar surface area (TPSA) is 58.2 Å². The Labute approximate surface area is 196 Å². The van der Waals surface area contributed by atoms with Crippen molar-refractivity contribution in [3.63, 3.8) is 0 Å². The normalized spacial score (nSPS) is 31.6. The van der Waals surface area contributed by atoms with Crippen LogP contribution in [0.3, 0.4) is 0 Å². The Balaban J connectivity index is 1.01. The van der Waals surface area contributed by atoms with E-state index >= 15 is 0 Å². The van der Waals surface area contributed by atoms with E-state index in [0.717, 1.165) is 42.5 Å². The van der Waals surface area contributed by atoms with Crippen molar-refractivity contribution in [2.45, 2.75) is 57.8 Å². The lowest BCUT2D eigenvalue weighted by Gasteiger charge is -2.21. The Hall–Kier alpha value is -2.62. The van der Waals surface area contributed by atoms with Crippen LogP contribution in [0, 0.1) is 35.5 Å². The van der Waals surface area contributed by atoms with Crippen LogP contribution < -0.4 is 10.6 Å². The van der Waals surface area contributed by atoms with Gasteiger partial charge in [-0.3, -0.25) is 9.59 Å². The van der Waals surface area contributed by atoms with Crippen LogP contribution in [0.4, 0.5) is 11.4 Å². The van der Waals surface area contributed by atoms with Crippen LogP contribution in [0.25, 0.3) is 0 Å². The van der Waals surface area contributed by atoms with Crippen molar-refractivity contribution in [1.82, 2.24) is 0 Å². The zero-order chi connectivity index (χ0) is 22.4. The quantitative estimate of drug-likeness (QED) is 0.574. The Morgan fingerprint density at radius 1 is 0.606 bits per heavy atom. The number of carbonyl (C=O) groups is 2. The summed E-state index contributed by atoms with van der Waals surface area (Å²) in [6.45, 7) is 0. The summed E-state index contributed by atoms with van der Waals surface area (Å²) >= 11 is 0. The molecule has 6 atom stereocenters. The van der Waals surface area contributed by atoms with Crippen LogP contribution in [-0.4, -0.2) is 11.8 Å². The Morgan fingerprint density at radius 3 is 1.36 bits per heavy atom. The molecule has 4 bridgehead atoms. The molecule has 33 heavy (non-hydrogen) atoms. The van der Waals surface area contributed by atoms with Gasteiger partial charge in [0.15, 0.2) is 0 Å². The van der Waals surface area contributed by atoms with Crippen molar-refractivity contribution in [3.8, 4) is 0 Å². The van der Waals surface area contributed by atoms with Crippen LogP contribution in [0.5, 0.6) is 0 Å². The van der Waals surface area contributed by atoms with E-state index in [1.54, 1.807) is 0 Å². The van der Waals surface area contributed by atoms with Gasteiger partial charge in [0.1, 0.15) is 0 Å². The van der Waals surface area contributed by atoms with E-state index in [1.807, 2.05) is 24.3 Å². The number of benzene rings is 2. The molecule has 2 N–H and O–H groups in total. The van der Waals surface area contributed by atoms with Crippen molar-refractivity contribution >= 4 is 23.2 Å². The highest BCUT2D eigenvalue weighted by molar-refractivity contribution is 5.93. The third kappa shape index (κ3) is 4.32. The monoisotopic (exact) mass is 442 g/mol. The van der Waals surface area contributed by atoms with E-state index in [1.165, 1.54) is 49.7 Å². The van der Waals surface area contributed by atoms with Gasteiger partial charge in [0.25, 0.3) is 0 Å². The van der Waals surface area contributed by atoms with Crippen molar-refractivity contribution < 1.29 is 9.59 Å². The van der Waals surface area contributed by atoms with Crippen molar-refractivity contribution in [2.75, 3.05) is 10.6 Å². The molecule has 0 aliphatic heterocycles. The molecule has 2 aromatic rings. The van der Waals surface area contributed by atoms with Gasteiger partial charge in [0, 0.05) is 23.2 Å². The zero-order valence-corrected chi connectivity index (χ0v) is 19.3. The lowest BCUT2D eigenvalue weighted by Crippen LogP contribution is -2.27. The minimum Gasteiger partial charge on any atom is -0.326 e. The van der Waals surface area contributed by atoms with E-state index in [9.17, 15) is 9.59 Å². The molecule has 0 saturated heterocycles. The number of nitrogens with one attached hydrogen (secondary N) is 2. The lowest BCUT2D eigenvalue weighted by atomic mass is 9.88. The SMILES string of the molecule is O=C(Nc1ccc(Cc2ccc(NC(=O)[C@@H]3C[C@H]4CC[C@@H]3C4)cc2)cc1)[C@@H]1C[C@@H]2CC[C@@H]1C2. The predicted molar refractivity (Wildman–Crippen MR) is 131 cm³/mol. The summed E-state index contributed by atoms with van der Waals surface area (Å²) in [6.07, 6.45) is 10.6. The molecule has 2 amide bonds. The fourth-order valence-electron chi connectivity index (χ4n) is 7.25. The van der Waals surface area contributed by atoms with Crippen LogP contribution in [0.15, 0.2) is 48.5 Å². The maximum Gasteiger partial charge on any atom is 0.227 e. The van der Waals surface area contributed by atoms with E-state index in [2.05, 4.69) is 34.9 Å². The van der Waals surface area contributed by atoms with E-state index in [4.69, 9.17) is 0 Å². The molecule has 172 valence electrons. The first-order valence-electron chi connectivity index (χ1n) is 12.9. The molecule has 4 aliphatic carbocycles. The third-order valence-electron chi connectivity index (χ3n) is 9.00. The standard InChI is InChI=1S/C29H34N2O2/c32-28(26-16-20-1-7-22(26)14-20)30-24-9-3-18(4-10-24)13-19-5-11-25(12-6-19)31-29(33)27-17-21-2-8-23(27)15-21/h3-6,9-12,20-23,26-27H,1-2,7-8,13-17H2,(H,30,32)(H,31,33)/t20-,21+,22-,23-,26-,27-/m1/s1. The predicted octanol–water partition coefficient (Wildman–Crippen LogP) is 6.03. The number of hydrogen-bond donors (Lipinski definition) is 2. The molecule has 6 rings (SSSR count). The molecule has 0 aromatic heterocycles. The molecule has 2 aromatic carbocycles. The average Bonchev–Trinajstić information content (AvgIpc) is 3.63. The Bertz CT molecular complexity index is 945. The maximum absolute atomic E-state index is 12.7. The van der Waals surface area contributed by atoms with Gasteiger partial charge < -0.3 is 10.6 Å². The second kappa shape index (κ2) is 8.62. The summed E-state index contributed by atoms with van der Waals surface area (Å²) in [4.78, 5) is 25.3. The molecule has 4 aliphatic rings. The second-order valence-corrected chi connectivity index (χ2v) is 11.1. The van der Waals surface area contributed by atoms with E-state index < -0.39 is 0 Å². The molecule has 4 nitrogen and oxygen atoms in total. The van der Waals surface area contributed by atoms with Gasteiger partial charge in [-0.25, -0.2) is 0 Å². The number of rotatable bonds is 6. The van der Waals surface area contributed by atoms with Crippen LogP contribution in [-0.2, 0) is 16.0 Å². The van der Waals surface area contributed by atoms with Gasteiger partial charge in [-0.05, 0) is 104 Å². The Kier molecular flexibility index (Phi) is 5.48. The van der Waals surface area contributed by atoms with Gasteiger partial charge in [-0.1, -0.05) is 37.1 Å². The maximum atomic E-state index is 12.7. The van der Waals surface area contributed by atoms with Crippen molar-refractivity contribution in [2.24, 2.45) is 35.5 Å². The number of hydrogen-bond acceptors (Lipinski definition) is 2. The van der Waals surface area contributed by atoms with Crippen molar-refractivity contribution in [1.29, 1.82) is 0 Å². The fourth-order valence-corrected chi connectivity index (χ4v) is 7.25. The Morgan fingerprint density at radius 2 is 1.03 bits per heavy atom. The first-order chi connectivity index (χ1) is 16.1. The highest BCUT2D eigenvalue weighted by atomic mass is 16.2.